The number of benzene rings is 2. The molecule has 10 heteroatoms. The molecule has 3 heterocycles. The summed E-state index contributed by atoms with van der Waals surface area (Å²) in [4.78, 5) is 12.6. The van der Waals surface area contributed by atoms with E-state index in [1.54, 1.807) is 16.8 Å². The normalized spacial score (nSPS) is 14.9. The van der Waals surface area contributed by atoms with Gasteiger partial charge >= 0.3 is 0 Å². The predicted molar refractivity (Wildman–Crippen MR) is 108 cm³/mol. The molecule has 1 aliphatic rings. The topological polar surface area (TPSA) is 101 Å². The Bertz CT molecular complexity index is 1250. The Morgan fingerprint density at radius 1 is 1.14 bits per heavy atom. The van der Waals surface area contributed by atoms with Gasteiger partial charge in [-0.15, -0.1) is 0 Å². The van der Waals surface area contributed by atoms with Crippen LogP contribution >= 0.6 is 27.5 Å². The molecular formula is C18H11BrClN7O. The Balaban J connectivity index is 1.82. The summed E-state index contributed by atoms with van der Waals surface area (Å²) in [5.41, 5.74) is 3.05. The second kappa shape index (κ2) is 6.54. The number of aromatic nitrogens is 6. The maximum Gasteiger partial charge on any atom is 0.288 e. The average Bonchev–Trinajstić information content (AvgIpc) is 3.16. The Hall–Kier alpha value is -3.04. The summed E-state index contributed by atoms with van der Waals surface area (Å²) < 4.78 is 2.55. The molecular weight excluding hydrogens is 446 g/mol. The minimum Gasteiger partial charge on any atom is -0.318 e. The highest BCUT2D eigenvalue weighted by Crippen LogP contribution is 2.41. The molecule has 28 heavy (non-hydrogen) atoms. The number of aromatic amines is 1. The van der Waals surface area contributed by atoms with Crippen molar-refractivity contribution < 1.29 is 0 Å². The molecule has 2 N–H and O–H groups in total. The van der Waals surface area contributed by atoms with Crippen molar-refractivity contribution in [2.45, 2.75) is 6.04 Å². The highest BCUT2D eigenvalue weighted by Gasteiger charge is 2.34. The van der Waals surface area contributed by atoms with Gasteiger partial charge in [0.1, 0.15) is 11.7 Å². The highest BCUT2D eigenvalue weighted by atomic mass is 79.9. The fraction of sp³-hybridized carbons (Fsp3) is 0.0556. The zero-order chi connectivity index (χ0) is 19.3. The van der Waals surface area contributed by atoms with E-state index < -0.39 is 6.04 Å². The first-order valence-corrected chi connectivity index (χ1v) is 9.48. The van der Waals surface area contributed by atoms with E-state index in [9.17, 15) is 4.79 Å². The van der Waals surface area contributed by atoms with Gasteiger partial charge in [0.25, 0.3) is 5.56 Å². The second-order valence-electron chi connectivity index (χ2n) is 6.23. The molecule has 4 aromatic rings. The lowest BCUT2D eigenvalue weighted by Crippen LogP contribution is -2.29. The van der Waals surface area contributed by atoms with E-state index >= 15 is 0 Å². The summed E-state index contributed by atoms with van der Waals surface area (Å²) in [6.45, 7) is 0. The van der Waals surface area contributed by atoms with Crippen LogP contribution in [0.25, 0.3) is 11.3 Å². The third-order valence-electron chi connectivity index (χ3n) is 4.55. The summed E-state index contributed by atoms with van der Waals surface area (Å²) in [7, 11) is 0. The van der Waals surface area contributed by atoms with Crippen molar-refractivity contribution in [3.05, 3.63) is 79.5 Å². The van der Waals surface area contributed by atoms with Crippen molar-refractivity contribution in [2.24, 2.45) is 0 Å². The van der Waals surface area contributed by atoms with Gasteiger partial charge < -0.3 is 5.32 Å². The van der Waals surface area contributed by atoms with Crippen LogP contribution in [0.5, 0.6) is 0 Å². The molecule has 0 unspecified atom stereocenters. The third-order valence-corrected chi connectivity index (χ3v) is 5.30. The molecule has 0 saturated heterocycles. The number of halogens is 2. The van der Waals surface area contributed by atoms with Crippen LogP contribution in [0.15, 0.2) is 57.8 Å². The number of nitrogens with zero attached hydrogens (tertiary/aromatic N) is 5. The molecule has 138 valence electrons. The van der Waals surface area contributed by atoms with Gasteiger partial charge in [-0.05, 0) is 40.3 Å². The van der Waals surface area contributed by atoms with Crippen LogP contribution in [0, 0.1) is 0 Å². The second-order valence-corrected chi connectivity index (χ2v) is 7.58. The minimum atomic E-state index is -0.431. The number of hydrogen-bond acceptors (Lipinski definition) is 6. The minimum absolute atomic E-state index is 0.345. The van der Waals surface area contributed by atoms with E-state index in [1.165, 1.54) is 0 Å². The molecule has 0 aliphatic carbocycles. The summed E-state index contributed by atoms with van der Waals surface area (Å²) in [6, 6.07) is 14.6. The maximum atomic E-state index is 12.6. The van der Waals surface area contributed by atoms with E-state index in [0.717, 1.165) is 15.6 Å². The van der Waals surface area contributed by atoms with Gasteiger partial charge in [0.05, 0.1) is 5.69 Å². The number of H-pyrrole nitrogens is 1. The average molecular weight is 457 g/mol. The Labute approximate surface area is 171 Å². The highest BCUT2D eigenvalue weighted by molar-refractivity contribution is 9.10. The zero-order valence-electron chi connectivity index (χ0n) is 14.1. The van der Waals surface area contributed by atoms with Crippen molar-refractivity contribution >= 4 is 39.2 Å². The summed E-state index contributed by atoms with van der Waals surface area (Å²) in [5, 5.41) is 22.4. The monoisotopic (exact) mass is 455 g/mol. The van der Waals surface area contributed by atoms with Crippen molar-refractivity contribution in [1.29, 1.82) is 0 Å². The largest absolute Gasteiger partial charge is 0.318 e. The van der Waals surface area contributed by atoms with Crippen LogP contribution in [0.4, 0.5) is 11.6 Å². The van der Waals surface area contributed by atoms with Crippen LogP contribution < -0.4 is 10.9 Å². The first-order valence-electron chi connectivity index (χ1n) is 8.30. The molecule has 0 bridgehead atoms. The molecule has 0 fully saturated rings. The van der Waals surface area contributed by atoms with Crippen LogP contribution in [0.1, 0.15) is 17.2 Å². The number of rotatable bonds is 2. The summed E-state index contributed by atoms with van der Waals surface area (Å²) >= 11 is 9.55. The fourth-order valence-corrected chi connectivity index (χ4v) is 3.89. The molecule has 1 atom stereocenters. The number of anilines is 2. The molecule has 2 aromatic carbocycles. The lowest BCUT2D eigenvalue weighted by Gasteiger charge is -2.27. The predicted octanol–water partition coefficient (Wildman–Crippen LogP) is 3.53. The molecule has 0 saturated carbocycles. The summed E-state index contributed by atoms with van der Waals surface area (Å²) in [6.07, 6.45) is 0. The maximum absolute atomic E-state index is 12.6. The van der Waals surface area contributed by atoms with Crippen LogP contribution in [0.3, 0.4) is 0 Å². The van der Waals surface area contributed by atoms with Crippen LogP contribution in [-0.4, -0.2) is 30.4 Å². The first kappa shape index (κ1) is 17.1. The number of tetrazole rings is 1. The van der Waals surface area contributed by atoms with Gasteiger partial charge in [-0.1, -0.05) is 56.9 Å². The Morgan fingerprint density at radius 3 is 2.75 bits per heavy atom. The lowest BCUT2D eigenvalue weighted by molar-refractivity contribution is 0.567. The molecule has 8 nitrogen and oxygen atoms in total. The van der Waals surface area contributed by atoms with E-state index in [1.807, 2.05) is 36.4 Å². The smallest absolute Gasteiger partial charge is 0.288 e. The molecule has 1 aliphatic heterocycles. The third kappa shape index (κ3) is 2.71. The number of hydrogen-bond donors (Lipinski definition) is 2. The van der Waals surface area contributed by atoms with E-state index in [4.69, 9.17) is 11.6 Å². The van der Waals surface area contributed by atoms with Gasteiger partial charge in [-0.2, -0.15) is 9.78 Å². The van der Waals surface area contributed by atoms with Crippen LogP contribution in [0.2, 0.25) is 5.02 Å². The number of nitrogens with one attached hydrogen (secondary N) is 2. The van der Waals surface area contributed by atoms with Gasteiger partial charge in [-0.25, -0.2) is 5.10 Å². The number of fused-ring (bicyclic) bond motifs is 2. The first-order chi connectivity index (χ1) is 13.6. The lowest BCUT2D eigenvalue weighted by atomic mass is 9.92. The van der Waals surface area contributed by atoms with Gasteiger partial charge in [0.2, 0.25) is 5.95 Å². The Kier molecular flexibility index (Phi) is 3.99. The zero-order valence-corrected chi connectivity index (χ0v) is 16.4. The quantitative estimate of drug-likeness (QED) is 0.421. The van der Waals surface area contributed by atoms with Crippen molar-refractivity contribution in [2.75, 3.05) is 5.32 Å². The van der Waals surface area contributed by atoms with Crippen LogP contribution in [-0.2, 0) is 0 Å². The van der Waals surface area contributed by atoms with E-state index in [0.29, 0.717) is 27.9 Å². The van der Waals surface area contributed by atoms with Gasteiger partial charge in [0, 0.05) is 20.6 Å². The molecule has 0 amide bonds. The summed E-state index contributed by atoms with van der Waals surface area (Å²) in [5.74, 6) is 0.385. The SMILES string of the molecule is O=c1[nH]nc(-c2ccc(Cl)cc2)c2c1Nc1nnnn1[C@@H]2c1cccc(Br)c1. The van der Waals surface area contributed by atoms with Crippen molar-refractivity contribution in [1.82, 2.24) is 30.4 Å². The fourth-order valence-electron chi connectivity index (χ4n) is 3.35. The molecule has 5 rings (SSSR count). The molecule has 0 spiro atoms. The standard InChI is InChI=1S/C18H11BrClN7O/c19-11-3-1-2-10(8-11)16-13-14(9-4-6-12(20)7-5-9)22-23-17(28)15(13)21-18-24-25-26-27(16)18/h1-8,16H,(H,23,28)(H,21,24,26)/t16-/m1/s1. The van der Waals surface area contributed by atoms with Gasteiger partial charge in [0.15, 0.2) is 0 Å². The molecule has 0 radical (unpaired) electrons. The van der Waals surface area contributed by atoms with E-state index in [2.05, 4.69) is 47.0 Å². The Morgan fingerprint density at radius 2 is 1.96 bits per heavy atom. The van der Waals surface area contributed by atoms with Gasteiger partial charge in [-0.3, -0.25) is 4.79 Å². The van der Waals surface area contributed by atoms with Crippen molar-refractivity contribution in [3.63, 3.8) is 0 Å². The van der Waals surface area contributed by atoms with Crippen molar-refractivity contribution in [3.8, 4) is 11.3 Å². The molecule has 2 aromatic heterocycles. The van der Waals surface area contributed by atoms with E-state index in [-0.39, 0.29) is 5.56 Å².